The van der Waals surface area contributed by atoms with Crippen LogP contribution in [0.5, 0.6) is 0 Å². The second-order valence-electron chi connectivity index (χ2n) is 7.28. The third-order valence-electron chi connectivity index (χ3n) is 4.73. The van der Waals surface area contributed by atoms with E-state index in [1.54, 1.807) is 16.0 Å². The molecule has 2 saturated heterocycles. The van der Waals surface area contributed by atoms with E-state index in [0.29, 0.717) is 38.4 Å². The van der Waals surface area contributed by atoms with Crippen molar-refractivity contribution in [1.29, 1.82) is 0 Å². The first-order valence-electron chi connectivity index (χ1n) is 8.73. The molecular formula is C17H26N4O3. The zero-order valence-electron chi connectivity index (χ0n) is 14.4. The molecule has 0 aromatic carbocycles. The van der Waals surface area contributed by atoms with Crippen molar-refractivity contribution < 1.29 is 14.7 Å². The van der Waals surface area contributed by atoms with E-state index in [-0.39, 0.29) is 30.3 Å². The summed E-state index contributed by atoms with van der Waals surface area (Å²) in [7, 11) is 0. The molecule has 2 aliphatic rings. The molecule has 132 valence electrons. The van der Waals surface area contributed by atoms with Gasteiger partial charge in [-0.25, -0.2) is 0 Å². The van der Waals surface area contributed by atoms with Crippen LogP contribution in [-0.4, -0.2) is 57.3 Å². The molecule has 0 bridgehead atoms. The molecule has 1 unspecified atom stereocenters. The average molecular weight is 334 g/mol. The predicted molar refractivity (Wildman–Crippen MR) is 89.3 cm³/mol. The van der Waals surface area contributed by atoms with Crippen LogP contribution in [0.25, 0.3) is 0 Å². The van der Waals surface area contributed by atoms with Crippen LogP contribution in [0.3, 0.4) is 0 Å². The van der Waals surface area contributed by atoms with Gasteiger partial charge in [0.2, 0.25) is 11.8 Å². The summed E-state index contributed by atoms with van der Waals surface area (Å²) >= 11 is 0. The third kappa shape index (κ3) is 3.61. The molecule has 0 aliphatic carbocycles. The molecule has 24 heavy (non-hydrogen) atoms. The molecule has 0 spiro atoms. The Morgan fingerprint density at radius 3 is 2.75 bits per heavy atom. The summed E-state index contributed by atoms with van der Waals surface area (Å²) in [5, 5.41) is 13.9. The standard InChI is InChI=1S/C17H26N4O3/c1-12(2)9-20-11-14(8-18-20)21-10-13(7-16(21)23)17(24)19-5-3-15(22)4-6-19/h8,11-13,15,22H,3-7,9-10H2,1-2H3. The predicted octanol–water partition coefficient (Wildman–Crippen LogP) is 0.875. The lowest BCUT2D eigenvalue weighted by Crippen LogP contribution is -2.43. The number of aliphatic hydroxyl groups is 1. The summed E-state index contributed by atoms with van der Waals surface area (Å²) in [4.78, 5) is 28.4. The number of amides is 2. The van der Waals surface area contributed by atoms with Gasteiger partial charge in [-0.1, -0.05) is 13.8 Å². The number of nitrogens with zero attached hydrogens (tertiary/aromatic N) is 4. The molecule has 2 aliphatic heterocycles. The SMILES string of the molecule is CC(C)Cn1cc(N2CC(C(=O)N3CCC(O)CC3)CC2=O)cn1. The van der Waals surface area contributed by atoms with Gasteiger partial charge in [0.15, 0.2) is 0 Å². The number of aromatic nitrogens is 2. The number of piperidine rings is 1. The van der Waals surface area contributed by atoms with E-state index >= 15 is 0 Å². The van der Waals surface area contributed by atoms with E-state index in [0.717, 1.165) is 12.2 Å². The van der Waals surface area contributed by atoms with Gasteiger partial charge in [0.1, 0.15) is 0 Å². The van der Waals surface area contributed by atoms with E-state index in [1.807, 2.05) is 10.9 Å². The lowest BCUT2D eigenvalue weighted by atomic mass is 10.0. The highest BCUT2D eigenvalue weighted by atomic mass is 16.3. The number of anilines is 1. The second kappa shape index (κ2) is 6.93. The highest BCUT2D eigenvalue weighted by Gasteiger charge is 2.38. The maximum atomic E-state index is 12.6. The van der Waals surface area contributed by atoms with Gasteiger partial charge >= 0.3 is 0 Å². The largest absolute Gasteiger partial charge is 0.393 e. The molecule has 7 heteroatoms. The minimum Gasteiger partial charge on any atom is -0.393 e. The zero-order chi connectivity index (χ0) is 17.3. The lowest BCUT2D eigenvalue weighted by molar-refractivity contribution is -0.137. The Hall–Kier alpha value is -1.89. The molecule has 3 heterocycles. The van der Waals surface area contributed by atoms with E-state index in [4.69, 9.17) is 0 Å². The molecule has 0 saturated carbocycles. The number of hydrogen-bond acceptors (Lipinski definition) is 4. The Kier molecular flexibility index (Phi) is 4.89. The van der Waals surface area contributed by atoms with Crippen LogP contribution in [0, 0.1) is 11.8 Å². The van der Waals surface area contributed by atoms with E-state index in [2.05, 4.69) is 18.9 Å². The summed E-state index contributed by atoms with van der Waals surface area (Å²) in [6.45, 7) is 6.62. The Morgan fingerprint density at radius 1 is 1.38 bits per heavy atom. The van der Waals surface area contributed by atoms with Crippen LogP contribution in [0.15, 0.2) is 12.4 Å². The van der Waals surface area contributed by atoms with Crippen molar-refractivity contribution in [3.05, 3.63) is 12.4 Å². The molecular weight excluding hydrogens is 308 g/mol. The van der Waals surface area contributed by atoms with Crippen LogP contribution in [0.2, 0.25) is 0 Å². The molecule has 1 atom stereocenters. The second-order valence-corrected chi connectivity index (χ2v) is 7.28. The molecule has 0 radical (unpaired) electrons. The van der Waals surface area contributed by atoms with Crippen molar-refractivity contribution in [2.75, 3.05) is 24.5 Å². The summed E-state index contributed by atoms with van der Waals surface area (Å²) in [6.07, 6.45) is 4.78. The van der Waals surface area contributed by atoms with E-state index in [9.17, 15) is 14.7 Å². The molecule has 7 nitrogen and oxygen atoms in total. The topological polar surface area (TPSA) is 78.7 Å². The van der Waals surface area contributed by atoms with Crippen LogP contribution in [-0.2, 0) is 16.1 Å². The highest BCUT2D eigenvalue weighted by Crippen LogP contribution is 2.27. The maximum Gasteiger partial charge on any atom is 0.228 e. The van der Waals surface area contributed by atoms with Crippen molar-refractivity contribution in [2.45, 2.75) is 45.8 Å². The van der Waals surface area contributed by atoms with Crippen LogP contribution in [0.1, 0.15) is 33.1 Å². The molecule has 2 fully saturated rings. The van der Waals surface area contributed by atoms with Crippen LogP contribution in [0.4, 0.5) is 5.69 Å². The van der Waals surface area contributed by atoms with Crippen molar-refractivity contribution >= 4 is 17.5 Å². The fourth-order valence-electron chi connectivity index (χ4n) is 3.43. The Morgan fingerprint density at radius 2 is 2.08 bits per heavy atom. The maximum absolute atomic E-state index is 12.6. The normalized spacial score (nSPS) is 22.7. The minimum atomic E-state index is -0.303. The van der Waals surface area contributed by atoms with Gasteiger partial charge < -0.3 is 14.9 Å². The van der Waals surface area contributed by atoms with E-state index in [1.165, 1.54) is 0 Å². The van der Waals surface area contributed by atoms with Crippen molar-refractivity contribution in [3.8, 4) is 0 Å². The van der Waals surface area contributed by atoms with Gasteiger partial charge in [-0.05, 0) is 18.8 Å². The first-order chi connectivity index (χ1) is 11.4. The summed E-state index contributed by atoms with van der Waals surface area (Å²) in [6, 6.07) is 0. The number of aliphatic hydroxyl groups excluding tert-OH is 1. The van der Waals surface area contributed by atoms with Gasteiger partial charge in [-0.3, -0.25) is 14.3 Å². The Labute approximate surface area is 142 Å². The van der Waals surface area contributed by atoms with Gasteiger partial charge in [-0.15, -0.1) is 0 Å². The quantitative estimate of drug-likeness (QED) is 0.886. The molecule has 1 N–H and O–H groups in total. The number of likely N-dealkylation sites (tertiary alicyclic amines) is 1. The molecule has 1 aromatic rings. The van der Waals surface area contributed by atoms with Crippen LogP contribution < -0.4 is 4.90 Å². The van der Waals surface area contributed by atoms with Crippen molar-refractivity contribution in [3.63, 3.8) is 0 Å². The van der Waals surface area contributed by atoms with E-state index < -0.39 is 0 Å². The Balaban J connectivity index is 1.63. The zero-order valence-corrected chi connectivity index (χ0v) is 14.4. The average Bonchev–Trinajstić information content (AvgIpc) is 3.13. The minimum absolute atomic E-state index is 0.0190. The first kappa shape index (κ1) is 17.0. The number of carbonyl (C=O) groups is 2. The Bertz CT molecular complexity index is 605. The van der Waals surface area contributed by atoms with Gasteiger partial charge in [0, 0.05) is 38.8 Å². The highest BCUT2D eigenvalue weighted by molar-refractivity contribution is 6.00. The number of rotatable bonds is 4. The summed E-state index contributed by atoms with van der Waals surface area (Å²) < 4.78 is 1.84. The van der Waals surface area contributed by atoms with Crippen molar-refractivity contribution in [2.24, 2.45) is 11.8 Å². The monoisotopic (exact) mass is 334 g/mol. The summed E-state index contributed by atoms with van der Waals surface area (Å²) in [5.74, 6) is 0.207. The third-order valence-corrected chi connectivity index (χ3v) is 4.73. The van der Waals surface area contributed by atoms with Gasteiger partial charge in [-0.2, -0.15) is 5.10 Å². The summed E-state index contributed by atoms with van der Waals surface area (Å²) in [5.41, 5.74) is 0.769. The van der Waals surface area contributed by atoms with Crippen LogP contribution >= 0.6 is 0 Å². The van der Waals surface area contributed by atoms with Crippen molar-refractivity contribution in [1.82, 2.24) is 14.7 Å². The molecule has 3 rings (SSSR count). The fraction of sp³-hybridized carbons (Fsp3) is 0.706. The molecule has 1 aromatic heterocycles. The van der Waals surface area contributed by atoms with Gasteiger partial charge in [0.25, 0.3) is 0 Å². The molecule has 2 amide bonds. The number of carbonyl (C=O) groups excluding carboxylic acids is 2. The number of hydrogen-bond donors (Lipinski definition) is 1. The first-order valence-corrected chi connectivity index (χ1v) is 8.73. The smallest absolute Gasteiger partial charge is 0.228 e. The lowest BCUT2D eigenvalue weighted by Gasteiger charge is -2.31. The van der Waals surface area contributed by atoms with Gasteiger partial charge in [0.05, 0.1) is 23.9 Å². The fourth-order valence-corrected chi connectivity index (χ4v) is 3.43.